The lowest BCUT2D eigenvalue weighted by molar-refractivity contribution is 0.00581. The van der Waals surface area contributed by atoms with Crippen LogP contribution in [-0.2, 0) is 6.42 Å². The van der Waals surface area contributed by atoms with Gasteiger partial charge < -0.3 is 5.11 Å². The summed E-state index contributed by atoms with van der Waals surface area (Å²) >= 11 is 1.72. The number of hydrogen-bond acceptors (Lipinski definition) is 3. The molecule has 2 unspecified atom stereocenters. The molecule has 1 fully saturated rings. The summed E-state index contributed by atoms with van der Waals surface area (Å²) in [6, 6.07) is 8.22. The third-order valence-corrected chi connectivity index (χ3v) is 5.84. The van der Waals surface area contributed by atoms with Gasteiger partial charge >= 0.3 is 0 Å². The van der Waals surface area contributed by atoms with Gasteiger partial charge in [0, 0.05) is 6.42 Å². The number of fused-ring (bicyclic) bond motifs is 1. The van der Waals surface area contributed by atoms with Gasteiger partial charge in [-0.05, 0) is 36.3 Å². The third-order valence-electron chi connectivity index (χ3n) is 4.78. The highest BCUT2D eigenvalue weighted by Crippen LogP contribution is 2.43. The fourth-order valence-corrected chi connectivity index (χ4v) is 4.58. The Morgan fingerprint density at radius 3 is 2.90 bits per heavy atom. The quantitative estimate of drug-likeness (QED) is 0.907. The summed E-state index contributed by atoms with van der Waals surface area (Å²) in [4.78, 5) is 4.65. The number of thiazole rings is 1. The van der Waals surface area contributed by atoms with Crippen molar-refractivity contribution < 1.29 is 5.11 Å². The molecule has 0 aliphatic heterocycles. The van der Waals surface area contributed by atoms with Crippen LogP contribution >= 0.6 is 11.3 Å². The zero-order valence-corrected chi connectivity index (χ0v) is 13.1. The fourth-order valence-electron chi connectivity index (χ4n) is 3.56. The van der Waals surface area contributed by atoms with E-state index in [4.69, 9.17) is 0 Å². The summed E-state index contributed by atoms with van der Waals surface area (Å²) < 4.78 is 1.22. The van der Waals surface area contributed by atoms with E-state index in [9.17, 15) is 5.11 Å². The van der Waals surface area contributed by atoms with E-state index < -0.39 is 0 Å². The smallest absolute Gasteiger partial charge is 0.0964 e. The van der Waals surface area contributed by atoms with E-state index >= 15 is 0 Å². The second-order valence-corrected chi connectivity index (χ2v) is 7.80. The van der Waals surface area contributed by atoms with Crippen molar-refractivity contribution in [2.75, 3.05) is 0 Å². The second-order valence-electron chi connectivity index (χ2n) is 6.69. The molecule has 2 aromatic rings. The highest BCUT2D eigenvalue weighted by atomic mass is 32.1. The lowest BCUT2D eigenvalue weighted by atomic mass is 9.66. The van der Waals surface area contributed by atoms with Crippen LogP contribution in [0.1, 0.15) is 44.5 Å². The number of aliphatic hydroxyl groups is 1. The van der Waals surface area contributed by atoms with E-state index in [1.165, 1.54) is 24.0 Å². The molecule has 2 atom stereocenters. The van der Waals surface area contributed by atoms with Crippen LogP contribution < -0.4 is 0 Å². The van der Waals surface area contributed by atoms with Gasteiger partial charge in [0.15, 0.2) is 0 Å². The lowest BCUT2D eigenvalue weighted by Crippen LogP contribution is -2.37. The van der Waals surface area contributed by atoms with E-state index in [1.54, 1.807) is 11.3 Å². The molecule has 20 heavy (non-hydrogen) atoms. The van der Waals surface area contributed by atoms with Crippen molar-refractivity contribution in [2.45, 2.75) is 52.1 Å². The van der Waals surface area contributed by atoms with Crippen LogP contribution in [0.15, 0.2) is 24.3 Å². The fraction of sp³-hybridized carbons (Fsp3) is 0.588. The summed E-state index contributed by atoms with van der Waals surface area (Å²) in [5.41, 5.74) is 1.32. The molecule has 1 heterocycles. The van der Waals surface area contributed by atoms with Gasteiger partial charge in [-0.3, -0.25) is 0 Å². The summed E-state index contributed by atoms with van der Waals surface area (Å²) in [7, 11) is 0. The molecular formula is C17H23NOS. The first kappa shape index (κ1) is 14.0. The van der Waals surface area contributed by atoms with Gasteiger partial charge in [-0.15, -0.1) is 11.3 Å². The number of nitrogens with zero attached hydrogens (tertiary/aromatic N) is 1. The number of aromatic nitrogens is 1. The molecule has 3 rings (SSSR count). The monoisotopic (exact) mass is 289 g/mol. The summed E-state index contributed by atoms with van der Waals surface area (Å²) in [6.07, 6.45) is 5.38. The molecule has 1 N–H and O–H groups in total. The molecule has 0 bridgehead atoms. The van der Waals surface area contributed by atoms with Crippen molar-refractivity contribution in [3.05, 3.63) is 29.3 Å². The molecule has 1 aromatic heterocycles. The zero-order chi connectivity index (χ0) is 14.2. The number of benzene rings is 1. The Morgan fingerprint density at radius 2 is 2.15 bits per heavy atom. The normalized spacial score (nSPS) is 23.9. The maximum Gasteiger partial charge on any atom is 0.0964 e. The summed E-state index contributed by atoms with van der Waals surface area (Å²) in [5.74, 6) is 0.406. The van der Waals surface area contributed by atoms with Crippen molar-refractivity contribution in [3.63, 3.8) is 0 Å². The molecule has 0 spiro atoms. The van der Waals surface area contributed by atoms with Gasteiger partial charge in [0.2, 0.25) is 0 Å². The Kier molecular flexibility index (Phi) is 3.83. The standard InChI is InChI=1S/C17H23NOS/c1-17(2)10-6-5-7-12(17)14(19)11-16-18-13-8-3-4-9-15(13)20-16/h3-4,8-9,12,14,19H,5-7,10-11H2,1-2H3. The van der Waals surface area contributed by atoms with Crippen molar-refractivity contribution >= 4 is 21.6 Å². The minimum absolute atomic E-state index is 0.258. The largest absolute Gasteiger partial charge is 0.392 e. The molecule has 108 valence electrons. The number of para-hydroxylation sites is 1. The maximum absolute atomic E-state index is 10.7. The van der Waals surface area contributed by atoms with Crippen molar-refractivity contribution in [2.24, 2.45) is 11.3 Å². The first-order chi connectivity index (χ1) is 9.56. The third kappa shape index (κ3) is 2.75. The first-order valence-corrected chi connectivity index (χ1v) is 8.40. The molecule has 1 aliphatic rings. The van der Waals surface area contributed by atoms with Gasteiger partial charge in [0.05, 0.1) is 21.3 Å². The van der Waals surface area contributed by atoms with Crippen molar-refractivity contribution in [1.82, 2.24) is 4.98 Å². The molecule has 1 aliphatic carbocycles. The molecule has 0 radical (unpaired) electrons. The Morgan fingerprint density at radius 1 is 1.35 bits per heavy atom. The first-order valence-electron chi connectivity index (χ1n) is 7.59. The molecule has 2 nitrogen and oxygen atoms in total. The number of rotatable bonds is 3. The molecular weight excluding hydrogens is 266 g/mol. The zero-order valence-electron chi connectivity index (χ0n) is 12.3. The molecule has 0 amide bonds. The number of hydrogen-bond donors (Lipinski definition) is 1. The molecule has 1 saturated carbocycles. The Balaban J connectivity index is 1.76. The predicted octanol–water partition coefficient (Wildman–Crippen LogP) is 4.42. The minimum Gasteiger partial charge on any atom is -0.392 e. The van der Waals surface area contributed by atoms with Crippen LogP contribution in [0.5, 0.6) is 0 Å². The topological polar surface area (TPSA) is 33.1 Å². The van der Waals surface area contributed by atoms with Gasteiger partial charge in [0.25, 0.3) is 0 Å². The summed E-state index contributed by atoms with van der Waals surface area (Å²) in [5, 5.41) is 11.7. The van der Waals surface area contributed by atoms with E-state index in [-0.39, 0.29) is 11.5 Å². The van der Waals surface area contributed by atoms with E-state index in [1.807, 2.05) is 18.2 Å². The van der Waals surface area contributed by atoms with Gasteiger partial charge in [-0.25, -0.2) is 4.98 Å². The van der Waals surface area contributed by atoms with Gasteiger partial charge in [-0.2, -0.15) is 0 Å². The lowest BCUT2D eigenvalue weighted by Gasteiger charge is -2.41. The number of aliphatic hydroxyl groups excluding tert-OH is 1. The van der Waals surface area contributed by atoms with E-state index in [0.717, 1.165) is 16.9 Å². The second kappa shape index (κ2) is 5.45. The molecule has 3 heteroatoms. The average molecular weight is 289 g/mol. The summed E-state index contributed by atoms with van der Waals surface area (Å²) in [6.45, 7) is 4.61. The van der Waals surface area contributed by atoms with Crippen molar-refractivity contribution in [1.29, 1.82) is 0 Å². The maximum atomic E-state index is 10.7. The average Bonchev–Trinajstić information content (AvgIpc) is 2.80. The van der Waals surface area contributed by atoms with Crippen LogP contribution in [0, 0.1) is 11.3 Å². The van der Waals surface area contributed by atoms with E-state index in [0.29, 0.717) is 12.3 Å². The Labute approximate surface area is 124 Å². The van der Waals surface area contributed by atoms with Gasteiger partial charge in [0.1, 0.15) is 0 Å². The van der Waals surface area contributed by atoms with Crippen LogP contribution in [0.4, 0.5) is 0 Å². The van der Waals surface area contributed by atoms with Crippen LogP contribution in [-0.4, -0.2) is 16.2 Å². The van der Waals surface area contributed by atoms with Crippen LogP contribution in [0.2, 0.25) is 0 Å². The molecule has 0 saturated heterocycles. The highest BCUT2D eigenvalue weighted by molar-refractivity contribution is 7.18. The SMILES string of the molecule is CC1(C)CCCCC1C(O)Cc1nc2ccccc2s1. The van der Waals surface area contributed by atoms with Crippen LogP contribution in [0.3, 0.4) is 0 Å². The van der Waals surface area contributed by atoms with Gasteiger partial charge in [-0.1, -0.05) is 38.8 Å². The molecule has 1 aromatic carbocycles. The van der Waals surface area contributed by atoms with Crippen LogP contribution in [0.25, 0.3) is 10.2 Å². The Bertz CT molecular complexity index is 556. The highest BCUT2D eigenvalue weighted by Gasteiger charge is 2.37. The van der Waals surface area contributed by atoms with Crippen molar-refractivity contribution in [3.8, 4) is 0 Å². The predicted molar refractivity (Wildman–Crippen MR) is 85.1 cm³/mol. The Hall–Kier alpha value is -0.930. The minimum atomic E-state index is -0.258. The van der Waals surface area contributed by atoms with E-state index in [2.05, 4.69) is 24.9 Å².